The monoisotopic (exact) mass is 306 g/mol. The second-order valence-electron chi connectivity index (χ2n) is 6.36. The standard InChI is InChI=1S/C17H26N2OS/c1-12-3-9-15(10-4-12)19(2)11-16(20)13-5-7-14(8-6-13)17(18)21/h5-8,12,15-16,20H,3-4,9-11H2,1-2H3,(H2,18,21). The number of benzene rings is 1. The molecule has 21 heavy (non-hydrogen) atoms. The van der Waals surface area contributed by atoms with Crippen LogP contribution in [0.25, 0.3) is 0 Å². The zero-order valence-electron chi connectivity index (χ0n) is 13.0. The molecule has 1 atom stereocenters. The normalized spacial score (nSPS) is 24.0. The Kier molecular flexibility index (Phi) is 5.73. The van der Waals surface area contributed by atoms with Crippen LogP contribution in [0, 0.1) is 5.92 Å². The van der Waals surface area contributed by atoms with Gasteiger partial charge in [-0.2, -0.15) is 0 Å². The van der Waals surface area contributed by atoms with E-state index in [2.05, 4.69) is 18.9 Å². The average molecular weight is 306 g/mol. The zero-order chi connectivity index (χ0) is 15.4. The van der Waals surface area contributed by atoms with Gasteiger partial charge in [0.2, 0.25) is 0 Å². The Hall–Kier alpha value is -0.970. The number of aliphatic hydroxyl groups excluding tert-OH is 1. The zero-order valence-corrected chi connectivity index (χ0v) is 13.8. The summed E-state index contributed by atoms with van der Waals surface area (Å²) in [6.45, 7) is 3.00. The molecule has 3 nitrogen and oxygen atoms in total. The van der Waals surface area contributed by atoms with Crippen molar-refractivity contribution in [1.29, 1.82) is 0 Å². The lowest BCUT2D eigenvalue weighted by atomic mass is 9.86. The summed E-state index contributed by atoms with van der Waals surface area (Å²) in [7, 11) is 2.12. The van der Waals surface area contributed by atoms with Gasteiger partial charge in [0.15, 0.2) is 0 Å². The van der Waals surface area contributed by atoms with Crippen LogP contribution >= 0.6 is 12.2 Å². The Balaban J connectivity index is 1.91. The number of nitrogens with two attached hydrogens (primary N) is 1. The van der Waals surface area contributed by atoms with Crippen LogP contribution in [-0.4, -0.2) is 34.6 Å². The summed E-state index contributed by atoms with van der Waals surface area (Å²) in [4.78, 5) is 2.70. The van der Waals surface area contributed by atoms with Gasteiger partial charge >= 0.3 is 0 Å². The lowest BCUT2D eigenvalue weighted by molar-refractivity contribution is 0.0857. The van der Waals surface area contributed by atoms with E-state index < -0.39 is 6.10 Å². The molecular weight excluding hydrogens is 280 g/mol. The maximum atomic E-state index is 10.4. The van der Waals surface area contributed by atoms with Gasteiger partial charge in [0.25, 0.3) is 0 Å². The molecule has 116 valence electrons. The van der Waals surface area contributed by atoms with Crippen LogP contribution in [-0.2, 0) is 0 Å². The average Bonchev–Trinajstić information content (AvgIpc) is 2.47. The molecule has 1 aliphatic rings. The van der Waals surface area contributed by atoms with E-state index in [4.69, 9.17) is 18.0 Å². The molecule has 4 heteroatoms. The number of nitrogens with zero attached hydrogens (tertiary/aromatic N) is 1. The molecule has 0 bridgehead atoms. The van der Waals surface area contributed by atoms with Gasteiger partial charge < -0.3 is 15.7 Å². The van der Waals surface area contributed by atoms with E-state index in [1.54, 1.807) is 0 Å². The third kappa shape index (κ3) is 4.50. The molecule has 3 N–H and O–H groups in total. The highest BCUT2D eigenvalue weighted by molar-refractivity contribution is 7.80. The first-order valence-electron chi connectivity index (χ1n) is 7.75. The van der Waals surface area contributed by atoms with Crippen LogP contribution in [0.1, 0.15) is 49.8 Å². The predicted octanol–water partition coefficient (Wildman–Crippen LogP) is 2.86. The highest BCUT2D eigenvalue weighted by Crippen LogP contribution is 2.27. The molecule has 0 aliphatic heterocycles. The highest BCUT2D eigenvalue weighted by Gasteiger charge is 2.23. The molecule has 1 unspecified atom stereocenters. The SMILES string of the molecule is CC1CCC(N(C)CC(O)c2ccc(C(N)=S)cc2)CC1. The van der Waals surface area contributed by atoms with Crippen LogP contribution in [0.4, 0.5) is 0 Å². The van der Waals surface area contributed by atoms with Crippen LogP contribution in [0.3, 0.4) is 0 Å². The molecule has 1 aromatic carbocycles. The van der Waals surface area contributed by atoms with Gasteiger partial charge in [-0.25, -0.2) is 0 Å². The van der Waals surface area contributed by atoms with Gasteiger partial charge in [-0.3, -0.25) is 0 Å². The van der Waals surface area contributed by atoms with Gasteiger partial charge in [-0.1, -0.05) is 43.4 Å². The van der Waals surface area contributed by atoms with Crippen molar-refractivity contribution in [3.05, 3.63) is 35.4 Å². The van der Waals surface area contributed by atoms with Crippen molar-refractivity contribution in [2.24, 2.45) is 11.7 Å². The Bertz CT molecular complexity index is 466. The summed E-state index contributed by atoms with van der Waals surface area (Å²) in [5.41, 5.74) is 7.36. The minimum absolute atomic E-state index is 0.393. The molecule has 1 aromatic rings. The van der Waals surface area contributed by atoms with Crippen molar-refractivity contribution in [3.8, 4) is 0 Å². The third-order valence-electron chi connectivity index (χ3n) is 4.65. The van der Waals surface area contributed by atoms with Gasteiger partial charge in [0.1, 0.15) is 4.99 Å². The summed E-state index contributed by atoms with van der Waals surface area (Å²) >= 11 is 4.94. The van der Waals surface area contributed by atoms with E-state index in [-0.39, 0.29) is 0 Å². The molecular formula is C17H26N2OS. The number of hydrogen-bond donors (Lipinski definition) is 2. The topological polar surface area (TPSA) is 49.5 Å². The second kappa shape index (κ2) is 7.34. The molecule has 1 fully saturated rings. The van der Waals surface area contributed by atoms with Crippen LogP contribution < -0.4 is 5.73 Å². The maximum Gasteiger partial charge on any atom is 0.103 e. The van der Waals surface area contributed by atoms with Gasteiger partial charge in [0, 0.05) is 18.2 Å². The van der Waals surface area contributed by atoms with Crippen molar-refractivity contribution < 1.29 is 5.11 Å². The molecule has 0 amide bonds. The number of thiocarbonyl (C=S) groups is 1. The van der Waals surface area contributed by atoms with E-state index >= 15 is 0 Å². The highest BCUT2D eigenvalue weighted by atomic mass is 32.1. The van der Waals surface area contributed by atoms with E-state index in [9.17, 15) is 5.11 Å². The lowest BCUT2D eigenvalue weighted by Crippen LogP contribution is -2.37. The minimum atomic E-state index is -0.463. The van der Waals surface area contributed by atoms with Crippen LogP contribution in [0.2, 0.25) is 0 Å². The fraction of sp³-hybridized carbons (Fsp3) is 0.588. The van der Waals surface area contributed by atoms with Gasteiger partial charge in [-0.15, -0.1) is 0 Å². The Morgan fingerprint density at radius 2 is 1.86 bits per heavy atom. The second-order valence-corrected chi connectivity index (χ2v) is 6.80. The van der Waals surface area contributed by atoms with E-state index in [0.29, 0.717) is 17.6 Å². The largest absolute Gasteiger partial charge is 0.389 e. The van der Waals surface area contributed by atoms with Crippen molar-refractivity contribution in [3.63, 3.8) is 0 Å². The van der Waals surface area contributed by atoms with Crippen molar-refractivity contribution in [1.82, 2.24) is 4.90 Å². The summed E-state index contributed by atoms with van der Waals surface area (Å²) in [6.07, 6.45) is 4.62. The number of likely N-dealkylation sites (N-methyl/N-ethyl adjacent to an activating group) is 1. The van der Waals surface area contributed by atoms with E-state index in [1.807, 2.05) is 24.3 Å². The van der Waals surface area contributed by atoms with Crippen molar-refractivity contribution >= 4 is 17.2 Å². The quantitative estimate of drug-likeness (QED) is 0.821. The molecule has 1 aliphatic carbocycles. The molecule has 0 heterocycles. The first-order chi connectivity index (χ1) is 9.97. The molecule has 0 saturated heterocycles. The summed E-state index contributed by atoms with van der Waals surface area (Å²) < 4.78 is 0. The summed E-state index contributed by atoms with van der Waals surface area (Å²) in [6, 6.07) is 8.19. The fourth-order valence-electron chi connectivity index (χ4n) is 3.08. The van der Waals surface area contributed by atoms with Gasteiger partial charge in [-0.05, 0) is 44.2 Å². The first-order valence-corrected chi connectivity index (χ1v) is 8.16. The van der Waals surface area contributed by atoms with Crippen LogP contribution in [0.5, 0.6) is 0 Å². The van der Waals surface area contributed by atoms with Gasteiger partial charge in [0.05, 0.1) is 6.10 Å². The van der Waals surface area contributed by atoms with E-state index in [1.165, 1.54) is 25.7 Å². The lowest BCUT2D eigenvalue weighted by Gasteiger charge is -2.34. The minimum Gasteiger partial charge on any atom is -0.389 e. The number of hydrogen-bond acceptors (Lipinski definition) is 3. The Morgan fingerprint density at radius 3 is 2.38 bits per heavy atom. The first kappa shape index (κ1) is 16.4. The Labute approximate surface area is 133 Å². The number of rotatable bonds is 5. The molecule has 0 radical (unpaired) electrons. The number of aliphatic hydroxyl groups is 1. The molecule has 0 spiro atoms. The summed E-state index contributed by atoms with van der Waals surface area (Å²) in [5.74, 6) is 0.854. The van der Waals surface area contributed by atoms with Crippen molar-refractivity contribution in [2.45, 2.75) is 44.8 Å². The molecule has 2 rings (SSSR count). The molecule has 0 aromatic heterocycles. The molecule has 1 saturated carbocycles. The Morgan fingerprint density at radius 1 is 1.29 bits per heavy atom. The van der Waals surface area contributed by atoms with Crippen LogP contribution in [0.15, 0.2) is 24.3 Å². The predicted molar refractivity (Wildman–Crippen MR) is 91.3 cm³/mol. The maximum absolute atomic E-state index is 10.4. The van der Waals surface area contributed by atoms with Crippen molar-refractivity contribution in [2.75, 3.05) is 13.6 Å². The smallest absolute Gasteiger partial charge is 0.103 e. The third-order valence-corrected chi connectivity index (χ3v) is 4.89. The van der Waals surface area contributed by atoms with E-state index in [0.717, 1.165) is 17.0 Å². The summed E-state index contributed by atoms with van der Waals surface area (Å²) in [5, 5.41) is 10.4. The fourth-order valence-corrected chi connectivity index (χ4v) is 3.22.